The van der Waals surface area contributed by atoms with E-state index in [1.165, 1.54) is 4.90 Å². The summed E-state index contributed by atoms with van der Waals surface area (Å²) in [5.41, 5.74) is 8.41. The van der Waals surface area contributed by atoms with Gasteiger partial charge in [-0.25, -0.2) is 0 Å². The fourth-order valence-corrected chi connectivity index (χ4v) is 4.90. The lowest BCUT2D eigenvalue weighted by Gasteiger charge is -2.29. The molecule has 2 aromatic carbocycles. The van der Waals surface area contributed by atoms with Crippen molar-refractivity contribution < 1.29 is 38.2 Å². The van der Waals surface area contributed by atoms with E-state index in [-0.39, 0.29) is 49.4 Å². The van der Waals surface area contributed by atoms with Crippen LogP contribution >= 0.6 is 0 Å². The van der Waals surface area contributed by atoms with Crippen LogP contribution in [0.2, 0.25) is 0 Å². The summed E-state index contributed by atoms with van der Waals surface area (Å²) in [7, 11) is 0. The third-order valence-electron chi connectivity index (χ3n) is 7.26. The Morgan fingerprint density at radius 2 is 1.58 bits per heavy atom. The molecular weight excluding hydrogens is 584 g/mol. The SMILES string of the molecule is Nc1ccc(C(=O)NCCOCCOCCOCCNCCC(=O)Nc2cccc3c2CN(C2CCC(=O)NC2=O)C3=O)cc1. The standard InChI is InChI=1S/C31H40N6O8/c32-22-6-4-21(5-7-22)29(40)34-13-15-44-17-19-45-18-16-43-14-12-33-11-10-28(39)35-25-3-1-2-23-24(25)20-37(31(23)42)26-8-9-27(38)36-30(26)41/h1-7,26,33H,8-20,32H2,(H,34,40)(H,35,39)(H,36,38,41). The molecule has 0 radical (unpaired) electrons. The molecular formula is C31H40N6O8. The minimum atomic E-state index is -0.711. The molecule has 242 valence electrons. The van der Waals surface area contributed by atoms with Crippen molar-refractivity contribution in [3.8, 4) is 0 Å². The van der Waals surface area contributed by atoms with Gasteiger partial charge in [0.15, 0.2) is 0 Å². The molecule has 0 saturated carbocycles. The molecule has 1 unspecified atom stereocenters. The van der Waals surface area contributed by atoms with Crippen LogP contribution in [-0.2, 0) is 35.1 Å². The van der Waals surface area contributed by atoms with Crippen molar-refractivity contribution in [3.05, 3.63) is 59.2 Å². The number of anilines is 2. The number of ether oxygens (including phenoxy) is 3. The fraction of sp³-hybridized carbons (Fsp3) is 0.452. The smallest absolute Gasteiger partial charge is 0.255 e. The molecule has 14 nitrogen and oxygen atoms in total. The van der Waals surface area contributed by atoms with E-state index in [0.29, 0.717) is 87.3 Å². The van der Waals surface area contributed by atoms with E-state index in [9.17, 15) is 24.0 Å². The van der Waals surface area contributed by atoms with E-state index in [1.807, 2.05) is 0 Å². The first-order valence-corrected chi connectivity index (χ1v) is 15.0. The molecule has 0 aromatic heterocycles. The van der Waals surface area contributed by atoms with E-state index in [0.717, 1.165) is 0 Å². The summed E-state index contributed by atoms with van der Waals surface area (Å²) in [5, 5.41) is 11.1. The zero-order valence-corrected chi connectivity index (χ0v) is 25.1. The largest absolute Gasteiger partial charge is 0.399 e. The van der Waals surface area contributed by atoms with Gasteiger partial charge in [0.2, 0.25) is 17.7 Å². The lowest BCUT2D eigenvalue weighted by atomic mass is 10.0. The maximum atomic E-state index is 12.9. The molecule has 2 aliphatic heterocycles. The Hall–Kier alpha value is -4.37. The Labute approximate surface area is 261 Å². The number of nitrogens with two attached hydrogens (primary N) is 1. The summed E-state index contributed by atoms with van der Waals surface area (Å²) < 4.78 is 16.4. The topological polar surface area (TPSA) is 190 Å². The maximum absolute atomic E-state index is 12.9. The Morgan fingerprint density at radius 3 is 2.29 bits per heavy atom. The Morgan fingerprint density at radius 1 is 0.889 bits per heavy atom. The van der Waals surface area contributed by atoms with Gasteiger partial charge < -0.3 is 40.8 Å². The van der Waals surface area contributed by atoms with Crippen LogP contribution in [0.15, 0.2) is 42.5 Å². The van der Waals surface area contributed by atoms with Crippen molar-refractivity contribution in [1.29, 1.82) is 0 Å². The van der Waals surface area contributed by atoms with E-state index < -0.39 is 11.9 Å². The summed E-state index contributed by atoms with van der Waals surface area (Å²) in [4.78, 5) is 62.7. The second kappa shape index (κ2) is 17.2. The molecule has 1 saturated heterocycles. The van der Waals surface area contributed by atoms with Crippen molar-refractivity contribution in [2.75, 3.05) is 70.3 Å². The average molecular weight is 625 g/mol. The first kappa shape index (κ1) is 33.5. The number of rotatable bonds is 18. The van der Waals surface area contributed by atoms with Crippen LogP contribution in [0.3, 0.4) is 0 Å². The average Bonchev–Trinajstić information content (AvgIpc) is 3.36. The molecule has 5 amide bonds. The third kappa shape index (κ3) is 10.1. The van der Waals surface area contributed by atoms with Crippen LogP contribution < -0.4 is 27.0 Å². The molecule has 4 rings (SSSR count). The van der Waals surface area contributed by atoms with Gasteiger partial charge >= 0.3 is 0 Å². The van der Waals surface area contributed by atoms with Crippen LogP contribution in [-0.4, -0.2) is 99.8 Å². The van der Waals surface area contributed by atoms with E-state index >= 15 is 0 Å². The number of amides is 5. The Balaban J connectivity index is 0.987. The number of benzene rings is 2. The van der Waals surface area contributed by atoms with Gasteiger partial charge in [-0.1, -0.05) is 6.07 Å². The summed E-state index contributed by atoms with van der Waals surface area (Å²) in [5.74, 6) is -1.49. The number of nitrogens with one attached hydrogen (secondary N) is 4. The van der Waals surface area contributed by atoms with Crippen LogP contribution in [0.4, 0.5) is 11.4 Å². The quantitative estimate of drug-likeness (QED) is 0.0883. The Kier molecular flexibility index (Phi) is 12.8. The minimum absolute atomic E-state index is 0.180. The van der Waals surface area contributed by atoms with E-state index in [1.54, 1.807) is 42.5 Å². The molecule has 2 heterocycles. The van der Waals surface area contributed by atoms with Gasteiger partial charge in [0.1, 0.15) is 6.04 Å². The van der Waals surface area contributed by atoms with E-state index in [4.69, 9.17) is 19.9 Å². The third-order valence-corrected chi connectivity index (χ3v) is 7.26. The van der Waals surface area contributed by atoms with Crippen LogP contribution in [0, 0.1) is 0 Å². The summed E-state index contributed by atoms with van der Waals surface area (Å²) in [6, 6.07) is 11.1. The molecule has 1 atom stereocenters. The van der Waals surface area contributed by atoms with Crippen molar-refractivity contribution in [1.82, 2.24) is 20.9 Å². The van der Waals surface area contributed by atoms with Crippen molar-refractivity contribution in [2.45, 2.75) is 31.8 Å². The predicted octanol–water partition coefficient (Wildman–Crippen LogP) is 0.428. The molecule has 2 aromatic rings. The van der Waals surface area contributed by atoms with Gasteiger partial charge in [-0.2, -0.15) is 0 Å². The fourth-order valence-electron chi connectivity index (χ4n) is 4.90. The molecule has 45 heavy (non-hydrogen) atoms. The van der Waals surface area contributed by atoms with Crippen molar-refractivity contribution in [3.63, 3.8) is 0 Å². The van der Waals surface area contributed by atoms with Gasteiger partial charge in [-0.05, 0) is 42.8 Å². The highest BCUT2D eigenvalue weighted by Crippen LogP contribution is 2.32. The molecule has 0 aliphatic carbocycles. The first-order chi connectivity index (χ1) is 21.8. The van der Waals surface area contributed by atoms with Gasteiger partial charge in [0.05, 0.1) is 39.6 Å². The zero-order valence-electron chi connectivity index (χ0n) is 25.1. The number of hydrogen-bond acceptors (Lipinski definition) is 10. The second-order valence-electron chi connectivity index (χ2n) is 10.5. The Bertz CT molecular complexity index is 1350. The van der Waals surface area contributed by atoms with Gasteiger partial charge in [-0.3, -0.25) is 29.3 Å². The highest BCUT2D eigenvalue weighted by atomic mass is 16.5. The van der Waals surface area contributed by atoms with Gasteiger partial charge in [0.25, 0.3) is 11.8 Å². The highest BCUT2D eigenvalue weighted by Gasteiger charge is 2.39. The number of fused-ring (bicyclic) bond motifs is 1. The number of nitrogens with zero attached hydrogens (tertiary/aromatic N) is 1. The number of carbonyl (C=O) groups is 5. The summed E-state index contributed by atoms with van der Waals surface area (Å²) in [6.45, 7) is 4.08. The van der Waals surface area contributed by atoms with Crippen molar-refractivity contribution in [2.24, 2.45) is 0 Å². The molecule has 14 heteroatoms. The lowest BCUT2D eigenvalue weighted by molar-refractivity contribution is -0.137. The number of nitrogen functional groups attached to an aromatic ring is 1. The first-order valence-electron chi connectivity index (χ1n) is 15.0. The number of piperidine rings is 1. The maximum Gasteiger partial charge on any atom is 0.255 e. The van der Waals surface area contributed by atoms with E-state index in [2.05, 4.69) is 21.3 Å². The number of imide groups is 1. The monoisotopic (exact) mass is 624 g/mol. The predicted molar refractivity (Wildman–Crippen MR) is 164 cm³/mol. The van der Waals surface area contributed by atoms with Crippen LogP contribution in [0.5, 0.6) is 0 Å². The van der Waals surface area contributed by atoms with Crippen LogP contribution in [0.1, 0.15) is 45.5 Å². The molecule has 6 N–H and O–H groups in total. The minimum Gasteiger partial charge on any atom is -0.399 e. The molecule has 2 aliphatic rings. The highest BCUT2D eigenvalue weighted by molar-refractivity contribution is 6.06. The normalized spacial score (nSPS) is 16.0. The van der Waals surface area contributed by atoms with Crippen molar-refractivity contribution >= 4 is 40.9 Å². The number of hydrogen-bond donors (Lipinski definition) is 5. The van der Waals surface area contributed by atoms with Crippen LogP contribution in [0.25, 0.3) is 0 Å². The molecule has 0 bridgehead atoms. The lowest BCUT2D eigenvalue weighted by Crippen LogP contribution is -2.52. The summed E-state index contributed by atoms with van der Waals surface area (Å²) in [6.07, 6.45) is 0.682. The molecule has 0 spiro atoms. The second-order valence-corrected chi connectivity index (χ2v) is 10.5. The molecule has 1 fully saturated rings. The summed E-state index contributed by atoms with van der Waals surface area (Å²) >= 11 is 0. The van der Waals surface area contributed by atoms with Gasteiger partial charge in [-0.15, -0.1) is 0 Å². The van der Waals surface area contributed by atoms with Gasteiger partial charge in [0, 0.05) is 67.1 Å². The number of carbonyl (C=O) groups excluding carboxylic acids is 5. The zero-order chi connectivity index (χ0) is 32.0.